The first kappa shape index (κ1) is 20.6. The molecule has 0 aliphatic heterocycles. The molecule has 0 saturated heterocycles. The molecule has 0 aliphatic carbocycles. The number of aryl methyl sites for hydroxylation is 1. The topological polar surface area (TPSA) is 46.4 Å². The molecule has 0 radical (unpaired) electrons. The molecular weight excluding hydrogens is 612 g/mol. The minimum Gasteiger partial charge on any atom is -0.340 e. The summed E-state index contributed by atoms with van der Waals surface area (Å²) in [5.74, 6) is -0.124. The van der Waals surface area contributed by atoms with Gasteiger partial charge in [0.05, 0.1) is 6.21 Å². The Hall–Kier alpha value is -1.65. The lowest BCUT2D eigenvalue weighted by molar-refractivity contribution is -0.121. The van der Waals surface area contributed by atoms with Gasteiger partial charge in [-0.1, -0.05) is 23.7 Å². The molecule has 3 aromatic carbocycles. The second kappa shape index (κ2) is 9.01. The van der Waals surface area contributed by atoms with Crippen LogP contribution >= 0.6 is 56.8 Å². The van der Waals surface area contributed by atoms with Crippen LogP contribution < -0.4 is 5.43 Å². The number of hydrogen-bond donors (Lipinski definition) is 1. The van der Waals surface area contributed by atoms with Gasteiger partial charge in [0.25, 0.3) is 0 Å². The van der Waals surface area contributed by atoms with Crippen LogP contribution in [-0.2, 0) is 11.3 Å². The van der Waals surface area contributed by atoms with Gasteiger partial charge in [-0.3, -0.25) is 4.79 Å². The van der Waals surface area contributed by atoms with Crippen molar-refractivity contribution in [1.82, 2.24) is 9.99 Å². The van der Waals surface area contributed by atoms with Crippen LogP contribution in [0, 0.1) is 7.14 Å². The van der Waals surface area contributed by atoms with Crippen molar-refractivity contribution in [2.75, 3.05) is 0 Å². The smallest absolute Gasteiger partial charge is 0.241 e. The fourth-order valence-corrected chi connectivity index (χ4v) is 4.39. The highest BCUT2D eigenvalue weighted by atomic mass is 127. The van der Waals surface area contributed by atoms with E-state index in [2.05, 4.69) is 96.7 Å². The number of aromatic nitrogens is 1. The summed E-state index contributed by atoms with van der Waals surface area (Å²) in [6.45, 7) is 0.587. The summed E-state index contributed by atoms with van der Waals surface area (Å²) in [4.78, 5) is 12.3. The molecule has 0 fully saturated rings. The Morgan fingerprint density at radius 2 is 1.55 bits per heavy atom. The fourth-order valence-electron chi connectivity index (χ4n) is 3.29. The average Bonchev–Trinajstić information content (AvgIpc) is 3.00. The number of fused-ring (bicyclic) bond motifs is 3. The van der Waals surface area contributed by atoms with Gasteiger partial charge in [-0.05, 0) is 99.3 Å². The van der Waals surface area contributed by atoms with Gasteiger partial charge in [0.1, 0.15) is 0 Å². The van der Waals surface area contributed by atoms with Gasteiger partial charge in [0, 0.05) is 46.9 Å². The number of benzene rings is 3. The second-order valence-corrected chi connectivity index (χ2v) is 9.50. The third kappa shape index (κ3) is 4.75. The number of rotatable bonds is 5. The maximum Gasteiger partial charge on any atom is 0.241 e. The van der Waals surface area contributed by atoms with E-state index in [-0.39, 0.29) is 5.91 Å². The minimum absolute atomic E-state index is 0.124. The van der Waals surface area contributed by atoms with E-state index in [4.69, 9.17) is 11.6 Å². The molecule has 0 bridgehead atoms. The lowest BCUT2D eigenvalue weighted by Crippen LogP contribution is -2.19. The molecule has 4 nitrogen and oxygen atoms in total. The van der Waals surface area contributed by atoms with E-state index in [1.165, 1.54) is 17.9 Å². The molecule has 1 amide bonds. The summed E-state index contributed by atoms with van der Waals surface area (Å²) >= 11 is 10.5. The highest BCUT2D eigenvalue weighted by molar-refractivity contribution is 14.1. The summed E-state index contributed by atoms with van der Waals surface area (Å²) in [6, 6.07) is 20.1. The molecule has 1 heterocycles. The Labute approximate surface area is 200 Å². The molecule has 0 atom stereocenters. The van der Waals surface area contributed by atoms with E-state index < -0.39 is 0 Å². The summed E-state index contributed by atoms with van der Waals surface area (Å²) in [5, 5.41) is 7.14. The quantitative estimate of drug-likeness (QED) is 0.160. The molecule has 4 rings (SSSR count). The molecule has 0 saturated carbocycles. The van der Waals surface area contributed by atoms with Crippen molar-refractivity contribution < 1.29 is 4.79 Å². The third-order valence-corrected chi connectivity index (χ3v) is 6.22. The van der Waals surface area contributed by atoms with Crippen LogP contribution in [0.2, 0.25) is 5.02 Å². The van der Waals surface area contributed by atoms with E-state index in [0.29, 0.717) is 18.0 Å². The largest absolute Gasteiger partial charge is 0.340 e. The van der Waals surface area contributed by atoms with Crippen LogP contribution in [-0.4, -0.2) is 16.7 Å². The first-order chi connectivity index (χ1) is 14.0. The van der Waals surface area contributed by atoms with Gasteiger partial charge in [0.15, 0.2) is 0 Å². The van der Waals surface area contributed by atoms with Gasteiger partial charge in [-0.15, -0.1) is 0 Å². The Balaban J connectivity index is 1.51. The highest BCUT2D eigenvalue weighted by Crippen LogP contribution is 2.31. The molecule has 1 aromatic heterocycles. The number of nitrogens with zero attached hydrogens (tertiary/aromatic N) is 2. The molecule has 0 aliphatic rings. The van der Waals surface area contributed by atoms with Crippen LogP contribution in [0.3, 0.4) is 0 Å². The lowest BCUT2D eigenvalue weighted by Gasteiger charge is -2.07. The SMILES string of the molecule is O=C(CCn1c2ccc(I)cc2c2cc(I)ccc21)N/N=C/c1ccc(Cl)cc1. The van der Waals surface area contributed by atoms with Gasteiger partial charge in [-0.25, -0.2) is 5.43 Å². The number of halogens is 3. The molecule has 29 heavy (non-hydrogen) atoms. The van der Waals surface area contributed by atoms with E-state index >= 15 is 0 Å². The molecule has 4 aromatic rings. The molecule has 7 heteroatoms. The van der Waals surface area contributed by atoms with Crippen LogP contribution in [0.25, 0.3) is 21.8 Å². The maximum absolute atomic E-state index is 12.3. The Morgan fingerprint density at radius 1 is 0.966 bits per heavy atom. The van der Waals surface area contributed by atoms with Gasteiger partial charge >= 0.3 is 0 Å². The van der Waals surface area contributed by atoms with Crippen LogP contribution in [0.1, 0.15) is 12.0 Å². The average molecular weight is 628 g/mol. The predicted molar refractivity (Wildman–Crippen MR) is 137 cm³/mol. The van der Waals surface area contributed by atoms with Gasteiger partial charge in [-0.2, -0.15) is 5.10 Å². The van der Waals surface area contributed by atoms with E-state index in [1.54, 1.807) is 18.3 Å². The summed E-state index contributed by atoms with van der Waals surface area (Å²) < 4.78 is 4.60. The van der Waals surface area contributed by atoms with E-state index in [1.807, 2.05) is 12.1 Å². The summed E-state index contributed by atoms with van der Waals surface area (Å²) in [7, 11) is 0. The fraction of sp³-hybridized carbons (Fsp3) is 0.0909. The van der Waals surface area contributed by atoms with Crippen LogP contribution in [0.15, 0.2) is 65.8 Å². The number of nitrogens with one attached hydrogen (secondary N) is 1. The highest BCUT2D eigenvalue weighted by Gasteiger charge is 2.12. The molecule has 146 valence electrons. The van der Waals surface area contributed by atoms with Crippen molar-refractivity contribution in [2.45, 2.75) is 13.0 Å². The number of carbonyl (C=O) groups excluding carboxylic acids is 1. The monoisotopic (exact) mass is 627 g/mol. The minimum atomic E-state index is -0.124. The number of hydrazone groups is 1. The zero-order valence-corrected chi connectivity index (χ0v) is 20.3. The zero-order chi connectivity index (χ0) is 20.4. The van der Waals surface area contributed by atoms with Crippen LogP contribution in [0.4, 0.5) is 0 Å². The third-order valence-electron chi connectivity index (χ3n) is 4.62. The van der Waals surface area contributed by atoms with Crippen molar-refractivity contribution in [2.24, 2.45) is 5.10 Å². The zero-order valence-electron chi connectivity index (χ0n) is 15.2. The lowest BCUT2D eigenvalue weighted by atomic mass is 10.2. The van der Waals surface area contributed by atoms with Crippen molar-refractivity contribution in [1.29, 1.82) is 0 Å². The predicted octanol–water partition coefficient (Wildman–Crippen LogP) is 6.20. The summed E-state index contributed by atoms with van der Waals surface area (Å²) in [5.41, 5.74) is 5.76. The van der Waals surface area contributed by atoms with Gasteiger partial charge < -0.3 is 4.57 Å². The number of hydrogen-bond acceptors (Lipinski definition) is 2. The normalized spacial score (nSPS) is 11.6. The molecule has 0 spiro atoms. The van der Waals surface area contributed by atoms with Gasteiger partial charge in [0.2, 0.25) is 5.91 Å². The standard InChI is InChI=1S/C22H16ClI2N3O/c23-15-3-1-14(2-4-15)13-26-27-22(29)9-10-28-20-7-5-16(24)11-18(20)19-12-17(25)6-8-21(19)28/h1-8,11-13H,9-10H2,(H,27,29)/b26-13+. The van der Waals surface area contributed by atoms with Crippen LogP contribution in [0.5, 0.6) is 0 Å². The Morgan fingerprint density at radius 3 is 2.14 bits per heavy atom. The Kier molecular flexibility index (Phi) is 6.41. The summed E-state index contributed by atoms with van der Waals surface area (Å²) in [6.07, 6.45) is 1.95. The van der Waals surface area contributed by atoms with E-state index in [9.17, 15) is 4.79 Å². The number of amides is 1. The van der Waals surface area contributed by atoms with Crippen molar-refractivity contribution in [3.8, 4) is 0 Å². The first-order valence-corrected chi connectivity index (χ1v) is 11.5. The Bertz CT molecular complexity index is 1170. The first-order valence-electron chi connectivity index (χ1n) is 8.96. The van der Waals surface area contributed by atoms with Crippen molar-refractivity contribution in [3.05, 3.63) is 78.4 Å². The van der Waals surface area contributed by atoms with Crippen molar-refractivity contribution in [3.63, 3.8) is 0 Å². The van der Waals surface area contributed by atoms with Crippen molar-refractivity contribution >= 4 is 90.7 Å². The van der Waals surface area contributed by atoms with E-state index in [0.717, 1.165) is 16.6 Å². The molecule has 0 unspecified atom stereocenters. The molecule has 1 N–H and O–H groups in total. The second-order valence-electron chi connectivity index (χ2n) is 6.57. The maximum atomic E-state index is 12.3. The molecular formula is C22H16ClI2N3O. The number of carbonyl (C=O) groups is 1.